The summed E-state index contributed by atoms with van der Waals surface area (Å²) in [5, 5.41) is 9.55. The fraction of sp³-hybridized carbons (Fsp3) is 0.615. The lowest BCUT2D eigenvalue weighted by Gasteiger charge is -2.00. The van der Waals surface area contributed by atoms with Crippen LogP contribution in [0.2, 0.25) is 0 Å². The van der Waals surface area contributed by atoms with E-state index < -0.39 is 12.1 Å². The third-order valence-electron chi connectivity index (χ3n) is 2.73. The van der Waals surface area contributed by atoms with Crippen LogP contribution in [0.4, 0.5) is 0 Å². The number of ether oxygens (including phenoxy) is 1. The summed E-state index contributed by atoms with van der Waals surface area (Å²) >= 11 is 0. The highest BCUT2D eigenvalue weighted by atomic mass is 16.6. The molecule has 0 radical (unpaired) electrons. The van der Waals surface area contributed by atoms with Gasteiger partial charge in [-0.2, -0.15) is 0 Å². The van der Waals surface area contributed by atoms with Crippen molar-refractivity contribution < 1.29 is 14.6 Å². The minimum absolute atomic E-state index is 0.141. The van der Waals surface area contributed by atoms with Crippen LogP contribution in [0.15, 0.2) is 24.0 Å². The third kappa shape index (κ3) is 3.49. The van der Waals surface area contributed by atoms with Crippen LogP contribution < -0.4 is 0 Å². The van der Waals surface area contributed by atoms with Crippen LogP contribution in [0.5, 0.6) is 0 Å². The molecular formula is C13H20O3. The number of carbonyl (C=O) groups excluding carboxylic acids is 1. The lowest BCUT2D eigenvalue weighted by atomic mass is 10.1. The summed E-state index contributed by atoms with van der Waals surface area (Å²) in [6.07, 6.45) is 7.61. The van der Waals surface area contributed by atoms with Gasteiger partial charge in [-0.1, -0.05) is 45.3 Å². The SMILES string of the molecule is C=C1OC(=O)/C(=C/CCCCCCC)[C@@H]1O. The van der Waals surface area contributed by atoms with Crippen molar-refractivity contribution in [2.75, 3.05) is 0 Å². The van der Waals surface area contributed by atoms with Gasteiger partial charge in [0.05, 0.1) is 5.57 Å². The fourth-order valence-corrected chi connectivity index (χ4v) is 1.72. The van der Waals surface area contributed by atoms with Gasteiger partial charge in [-0.15, -0.1) is 0 Å². The van der Waals surface area contributed by atoms with Crippen molar-refractivity contribution in [3.63, 3.8) is 0 Å². The Hall–Kier alpha value is -1.09. The maximum atomic E-state index is 11.2. The number of aliphatic hydroxyl groups is 1. The zero-order valence-electron chi connectivity index (χ0n) is 9.87. The van der Waals surface area contributed by atoms with Crippen LogP contribution in [-0.4, -0.2) is 17.2 Å². The molecule has 0 aromatic heterocycles. The second-order valence-corrected chi connectivity index (χ2v) is 4.12. The van der Waals surface area contributed by atoms with E-state index in [0.717, 1.165) is 12.8 Å². The number of carbonyl (C=O) groups is 1. The van der Waals surface area contributed by atoms with Gasteiger partial charge in [-0.05, 0) is 12.8 Å². The molecule has 1 N–H and O–H groups in total. The van der Waals surface area contributed by atoms with Gasteiger partial charge in [0.1, 0.15) is 11.9 Å². The molecule has 3 nitrogen and oxygen atoms in total. The maximum absolute atomic E-state index is 11.2. The standard InChI is InChI=1S/C13H20O3/c1-3-4-5-6-7-8-9-11-12(14)10(2)16-13(11)15/h9,12,14H,2-8H2,1H3/b11-9+/t12-/m1/s1. The van der Waals surface area contributed by atoms with Crippen molar-refractivity contribution in [2.24, 2.45) is 0 Å². The van der Waals surface area contributed by atoms with E-state index in [1.807, 2.05) is 0 Å². The van der Waals surface area contributed by atoms with Gasteiger partial charge < -0.3 is 9.84 Å². The molecular weight excluding hydrogens is 204 g/mol. The van der Waals surface area contributed by atoms with Gasteiger partial charge in [0.15, 0.2) is 0 Å². The average molecular weight is 224 g/mol. The molecule has 1 aliphatic rings. The molecule has 1 fully saturated rings. The Morgan fingerprint density at radius 1 is 1.38 bits per heavy atom. The zero-order valence-corrected chi connectivity index (χ0v) is 9.87. The topological polar surface area (TPSA) is 46.5 Å². The molecule has 90 valence electrons. The van der Waals surface area contributed by atoms with E-state index in [2.05, 4.69) is 13.5 Å². The molecule has 0 unspecified atom stereocenters. The van der Waals surface area contributed by atoms with Crippen molar-refractivity contribution in [3.05, 3.63) is 24.0 Å². The van der Waals surface area contributed by atoms with Crippen LogP contribution in [0.1, 0.15) is 45.4 Å². The molecule has 3 heteroatoms. The molecule has 1 rings (SSSR count). The molecule has 0 saturated carbocycles. The highest BCUT2D eigenvalue weighted by Gasteiger charge is 2.32. The first-order valence-corrected chi connectivity index (χ1v) is 5.96. The van der Waals surface area contributed by atoms with E-state index in [1.54, 1.807) is 6.08 Å². The quantitative estimate of drug-likeness (QED) is 0.428. The number of hydrogen-bond donors (Lipinski definition) is 1. The molecule has 1 saturated heterocycles. The lowest BCUT2D eigenvalue weighted by Crippen LogP contribution is -2.07. The monoisotopic (exact) mass is 224 g/mol. The number of aliphatic hydroxyl groups excluding tert-OH is 1. The van der Waals surface area contributed by atoms with Crippen LogP contribution >= 0.6 is 0 Å². The molecule has 0 aromatic rings. The van der Waals surface area contributed by atoms with Gasteiger partial charge in [-0.25, -0.2) is 4.79 Å². The molecule has 1 atom stereocenters. The highest BCUT2D eigenvalue weighted by Crippen LogP contribution is 2.23. The highest BCUT2D eigenvalue weighted by molar-refractivity contribution is 5.93. The molecule has 0 amide bonds. The Morgan fingerprint density at radius 2 is 2.06 bits per heavy atom. The number of cyclic esters (lactones) is 1. The molecule has 0 aliphatic carbocycles. The average Bonchev–Trinajstić information content (AvgIpc) is 2.49. The Labute approximate surface area is 96.8 Å². The van der Waals surface area contributed by atoms with Crippen molar-refractivity contribution in [1.82, 2.24) is 0 Å². The molecule has 0 aromatic carbocycles. The first-order chi connectivity index (χ1) is 7.66. The third-order valence-corrected chi connectivity index (χ3v) is 2.73. The lowest BCUT2D eigenvalue weighted by molar-refractivity contribution is -0.132. The Balaban J connectivity index is 2.29. The molecule has 1 heterocycles. The number of unbranched alkanes of at least 4 members (excludes halogenated alkanes) is 5. The maximum Gasteiger partial charge on any atom is 0.341 e. The van der Waals surface area contributed by atoms with E-state index in [1.165, 1.54) is 25.7 Å². The smallest absolute Gasteiger partial charge is 0.341 e. The Morgan fingerprint density at radius 3 is 2.62 bits per heavy atom. The predicted molar refractivity (Wildman–Crippen MR) is 62.7 cm³/mol. The first-order valence-electron chi connectivity index (χ1n) is 5.96. The van der Waals surface area contributed by atoms with E-state index in [9.17, 15) is 9.90 Å². The summed E-state index contributed by atoms with van der Waals surface area (Å²) < 4.78 is 4.73. The number of allylic oxidation sites excluding steroid dienone is 1. The van der Waals surface area contributed by atoms with E-state index >= 15 is 0 Å². The van der Waals surface area contributed by atoms with E-state index in [4.69, 9.17) is 4.74 Å². The Kier molecular flexibility index (Phi) is 5.26. The van der Waals surface area contributed by atoms with Crippen LogP contribution in [0.3, 0.4) is 0 Å². The summed E-state index contributed by atoms with van der Waals surface area (Å²) in [6, 6.07) is 0. The fourth-order valence-electron chi connectivity index (χ4n) is 1.72. The summed E-state index contributed by atoms with van der Waals surface area (Å²) in [5.41, 5.74) is 0.348. The second-order valence-electron chi connectivity index (χ2n) is 4.12. The van der Waals surface area contributed by atoms with Gasteiger partial charge in [0.25, 0.3) is 0 Å². The molecule has 16 heavy (non-hydrogen) atoms. The summed E-state index contributed by atoms with van der Waals surface area (Å²) in [4.78, 5) is 11.2. The van der Waals surface area contributed by atoms with Crippen molar-refractivity contribution in [3.8, 4) is 0 Å². The molecule has 0 spiro atoms. The minimum Gasteiger partial charge on any atom is -0.425 e. The van der Waals surface area contributed by atoms with Gasteiger partial charge in [0.2, 0.25) is 0 Å². The van der Waals surface area contributed by atoms with E-state index in [-0.39, 0.29) is 5.76 Å². The Bertz CT molecular complexity index is 292. The normalized spacial score (nSPS) is 22.9. The minimum atomic E-state index is -0.928. The van der Waals surface area contributed by atoms with E-state index in [0.29, 0.717) is 5.57 Å². The van der Waals surface area contributed by atoms with Gasteiger partial charge in [0, 0.05) is 0 Å². The van der Waals surface area contributed by atoms with Crippen molar-refractivity contribution in [1.29, 1.82) is 0 Å². The van der Waals surface area contributed by atoms with Crippen LogP contribution in [0, 0.1) is 0 Å². The van der Waals surface area contributed by atoms with Crippen molar-refractivity contribution in [2.45, 2.75) is 51.6 Å². The van der Waals surface area contributed by atoms with Crippen LogP contribution in [-0.2, 0) is 9.53 Å². The second kappa shape index (κ2) is 6.48. The number of esters is 1. The summed E-state index contributed by atoms with van der Waals surface area (Å²) in [6.45, 7) is 5.65. The predicted octanol–water partition coefficient (Wildman–Crippen LogP) is 2.70. The zero-order chi connectivity index (χ0) is 12.0. The number of hydrogen-bond acceptors (Lipinski definition) is 3. The summed E-state index contributed by atoms with van der Waals surface area (Å²) in [7, 11) is 0. The largest absolute Gasteiger partial charge is 0.425 e. The first kappa shape index (κ1) is 13.0. The van der Waals surface area contributed by atoms with Gasteiger partial charge >= 0.3 is 5.97 Å². The van der Waals surface area contributed by atoms with Gasteiger partial charge in [-0.3, -0.25) is 0 Å². The number of rotatable bonds is 6. The molecule has 1 aliphatic heterocycles. The molecule has 0 bridgehead atoms. The van der Waals surface area contributed by atoms with Crippen LogP contribution in [0.25, 0.3) is 0 Å². The summed E-state index contributed by atoms with van der Waals surface area (Å²) in [5.74, 6) is -0.312. The van der Waals surface area contributed by atoms with Crippen molar-refractivity contribution >= 4 is 5.97 Å².